The van der Waals surface area contributed by atoms with Crippen LogP contribution in [0.25, 0.3) is 21.7 Å². The first-order valence-corrected chi connectivity index (χ1v) is 17.5. The van der Waals surface area contributed by atoms with E-state index in [1.165, 1.54) is 21.9 Å². The van der Waals surface area contributed by atoms with Crippen molar-refractivity contribution in [3.63, 3.8) is 0 Å². The summed E-state index contributed by atoms with van der Waals surface area (Å²) < 4.78 is 2.70. The molecular weight excluding hydrogens is 460 g/mol. The minimum atomic E-state index is -3.84. The first-order valence-electron chi connectivity index (χ1n) is 6.07. The Morgan fingerprint density at radius 1 is 1.00 bits per heavy atom. The predicted octanol–water partition coefficient (Wildman–Crippen LogP) is 6.55. The third-order valence-electron chi connectivity index (χ3n) is 3.54. The van der Waals surface area contributed by atoms with Gasteiger partial charge in [0.15, 0.2) is 0 Å². The molecule has 0 aliphatic heterocycles. The van der Waals surface area contributed by atoms with Crippen molar-refractivity contribution in [2.24, 2.45) is 0 Å². The molecule has 0 unspecified atom stereocenters. The van der Waals surface area contributed by atoms with Crippen molar-refractivity contribution < 1.29 is 17.0 Å². The molecule has 1 heterocycles. The monoisotopic (exact) mass is 467 g/mol. The average Bonchev–Trinajstić information content (AvgIpc) is 2.68. The third kappa shape index (κ3) is 2.50. The molecule has 2 aromatic carbocycles. The molecule has 104 valence electrons. The quantitative estimate of drug-likeness (QED) is 0.355. The van der Waals surface area contributed by atoms with Gasteiger partial charge in [0.25, 0.3) is 0 Å². The van der Waals surface area contributed by atoms with E-state index in [0.29, 0.717) is 0 Å². The van der Waals surface area contributed by atoms with Crippen LogP contribution in [0.4, 0.5) is 0 Å². The zero-order chi connectivity index (χ0) is 14.7. The summed E-state index contributed by atoms with van der Waals surface area (Å²) in [6, 6.07) is 10.5. The number of halogens is 4. The van der Waals surface area contributed by atoms with E-state index < -0.39 is 17.0 Å². The van der Waals surface area contributed by atoms with Crippen LogP contribution < -0.4 is 0 Å². The number of hydrogen-bond acceptors (Lipinski definition) is 0. The molecule has 1 nitrogen and oxygen atoms in total. The fraction of sp³-hybridized carbons (Fsp3) is 0.143. The number of aromatic nitrogens is 1. The van der Waals surface area contributed by atoms with Gasteiger partial charge in [-0.3, -0.25) is 0 Å². The van der Waals surface area contributed by atoms with Gasteiger partial charge in [-0.15, -0.1) is 0 Å². The van der Waals surface area contributed by atoms with Gasteiger partial charge < -0.3 is 0 Å². The second-order valence-corrected chi connectivity index (χ2v) is 22.3. The van der Waals surface area contributed by atoms with E-state index in [-0.39, 0.29) is 0 Å². The Kier molecular flexibility index (Phi) is 4.06. The number of nitrogens with zero attached hydrogens (tertiary/aromatic N) is 1. The van der Waals surface area contributed by atoms with E-state index >= 15 is 0 Å². The van der Waals surface area contributed by atoms with Crippen LogP contribution >= 0.6 is 41.5 Å². The normalized spacial score (nSPS) is 12.5. The Morgan fingerprint density at radius 2 is 1.70 bits per heavy atom. The SMILES string of the molecule is Cc1cc2cc3c(ccc(Br)[n]3[Zr]([Cl])([Cl])[Cl])c(C)c2c1. The van der Waals surface area contributed by atoms with Gasteiger partial charge in [0.05, 0.1) is 0 Å². The van der Waals surface area contributed by atoms with Crippen LogP contribution in [0.15, 0.2) is 34.9 Å². The Bertz CT molecular complexity index is 836. The Hall–Kier alpha value is 0.473. The molecule has 1 aromatic heterocycles. The van der Waals surface area contributed by atoms with E-state index in [1.54, 1.807) is 0 Å². The first kappa shape index (κ1) is 15.4. The maximum absolute atomic E-state index is 6.33. The van der Waals surface area contributed by atoms with E-state index in [2.05, 4.69) is 54.0 Å². The number of fused-ring (bicyclic) bond motifs is 2. The van der Waals surface area contributed by atoms with Crippen molar-refractivity contribution in [1.29, 1.82) is 0 Å². The van der Waals surface area contributed by atoms with Crippen LogP contribution in [-0.4, -0.2) is 2.51 Å². The summed E-state index contributed by atoms with van der Waals surface area (Å²) in [5.74, 6) is 0. The molecule has 0 atom stereocenters. The molecule has 0 fully saturated rings. The van der Waals surface area contributed by atoms with Crippen LogP contribution in [0, 0.1) is 13.8 Å². The fourth-order valence-electron chi connectivity index (χ4n) is 2.68. The number of benzene rings is 1. The van der Waals surface area contributed by atoms with Crippen molar-refractivity contribution in [1.82, 2.24) is 2.51 Å². The van der Waals surface area contributed by atoms with Gasteiger partial charge in [0, 0.05) is 0 Å². The summed E-state index contributed by atoms with van der Waals surface area (Å²) in [6.45, 7) is 4.22. The molecular formula is C14H11BrCl3NZr. The summed E-state index contributed by atoms with van der Waals surface area (Å²) in [7, 11) is 19.0. The molecule has 0 saturated carbocycles. The van der Waals surface area contributed by atoms with Crippen molar-refractivity contribution in [3.05, 3.63) is 46.1 Å². The summed E-state index contributed by atoms with van der Waals surface area (Å²) >= 11 is -0.327. The van der Waals surface area contributed by atoms with Gasteiger partial charge in [-0.2, -0.15) is 0 Å². The predicted molar refractivity (Wildman–Crippen MR) is 89.6 cm³/mol. The molecule has 0 saturated heterocycles. The zero-order valence-corrected chi connectivity index (χ0v) is 17.2. The van der Waals surface area contributed by atoms with Crippen LogP contribution in [0.1, 0.15) is 11.1 Å². The molecule has 0 radical (unpaired) electrons. The summed E-state index contributed by atoms with van der Waals surface area (Å²) in [6.07, 6.45) is 0. The molecule has 0 aliphatic carbocycles. The summed E-state index contributed by atoms with van der Waals surface area (Å²) in [4.78, 5) is 0. The maximum atomic E-state index is 6.33. The standard InChI is InChI=1S/C14H11BrN.3ClH.Zr/c1-8-5-10-7-13-11(3-4-14(15)16-13)9(2)12(10)6-8;;;;/h3-7H,1-2H3;3*1H;/q-1;;;;+4/p-3. The van der Waals surface area contributed by atoms with Crippen molar-refractivity contribution >= 4 is 63.1 Å². The molecule has 0 amide bonds. The summed E-state index contributed by atoms with van der Waals surface area (Å²) in [5, 5.41) is 3.60. The molecule has 0 aliphatic rings. The second-order valence-electron chi connectivity index (χ2n) is 4.93. The molecule has 6 heteroatoms. The Labute approximate surface area is 141 Å². The molecule has 3 rings (SSSR count). The van der Waals surface area contributed by atoms with Crippen LogP contribution in [-0.2, 0) is 17.0 Å². The topological polar surface area (TPSA) is 4.93 Å². The first-order chi connectivity index (χ1) is 9.29. The molecule has 20 heavy (non-hydrogen) atoms. The number of hydrogen-bond donors (Lipinski definition) is 0. The number of pyridine rings is 1. The van der Waals surface area contributed by atoms with Crippen LogP contribution in [0.3, 0.4) is 0 Å². The van der Waals surface area contributed by atoms with Crippen molar-refractivity contribution in [3.8, 4) is 0 Å². The number of rotatable bonds is 1. The minimum absolute atomic E-state index is 0.822. The zero-order valence-electron chi connectivity index (χ0n) is 10.8. The fourth-order valence-corrected chi connectivity index (χ4v) is 11.5. The van der Waals surface area contributed by atoms with E-state index in [0.717, 1.165) is 15.5 Å². The van der Waals surface area contributed by atoms with Gasteiger partial charge in [0.1, 0.15) is 0 Å². The second kappa shape index (κ2) is 5.28. The van der Waals surface area contributed by atoms with E-state index in [1.807, 2.05) is 8.58 Å². The third-order valence-corrected chi connectivity index (χ3v) is 10.4. The van der Waals surface area contributed by atoms with Crippen LogP contribution in [0.5, 0.6) is 0 Å². The van der Waals surface area contributed by atoms with Gasteiger partial charge in [-0.05, 0) is 0 Å². The van der Waals surface area contributed by atoms with Gasteiger partial charge >= 0.3 is 143 Å². The Balaban J connectivity index is 2.54. The van der Waals surface area contributed by atoms with Crippen molar-refractivity contribution in [2.75, 3.05) is 0 Å². The van der Waals surface area contributed by atoms with E-state index in [4.69, 9.17) is 25.5 Å². The summed E-state index contributed by atoms with van der Waals surface area (Å²) in [5.41, 5.74) is 3.47. The molecule has 0 spiro atoms. The van der Waals surface area contributed by atoms with Gasteiger partial charge in [0.2, 0.25) is 0 Å². The van der Waals surface area contributed by atoms with E-state index in [9.17, 15) is 0 Å². The number of aryl methyl sites for hydroxylation is 2. The average molecular weight is 471 g/mol. The molecule has 0 bridgehead atoms. The molecule has 0 N–H and O–H groups in total. The Morgan fingerprint density at radius 3 is 2.35 bits per heavy atom. The molecule has 3 aromatic rings. The van der Waals surface area contributed by atoms with Gasteiger partial charge in [-0.1, -0.05) is 0 Å². The van der Waals surface area contributed by atoms with Gasteiger partial charge in [-0.25, -0.2) is 0 Å². The van der Waals surface area contributed by atoms with Crippen molar-refractivity contribution in [2.45, 2.75) is 13.8 Å². The van der Waals surface area contributed by atoms with Crippen LogP contribution in [0.2, 0.25) is 0 Å².